The molecule has 0 saturated heterocycles. The molecule has 0 spiro atoms. The number of fused-ring (bicyclic) bond motifs is 1. The number of thioether (sulfide) groups is 1. The van der Waals surface area contributed by atoms with Crippen molar-refractivity contribution in [2.24, 2.45) is 22.2 Å². The molecule has 0 fully saturated rings. The Labute approximate surface area is 271 Å². The number of aliphatic imine (C=N–C) groups is 1. The SMILES string of the molecule is CSCCC(NC(=O)C(Cc1ccc(O)cc1)NC(=O)C(CCCN=C(N)N)NC(=O)C(N)Cc1c[nH]c2ccccc12)C(=O)O. The van der Waals surface area contributed by atoms with Crippen molar-refractivity contribution in [3.63, 3.8) is 0 Å². The molecule has 14 nitrogen and oxygen atoms in total. The molecule has 1 aromatic heterocycles. The lowest BCUT2D eigenvalue weighted by atomic mass is 10.0. The number of benzene rings is 2. The molecule has 3 rings (SSSR count). The van der Waals surface area contributed by atoms with Crippen molar-refractivity contribution < 1.29 is 29.4 Å². The van der Waals surface area contributed by atoms with Crippen LogP contribution in [0.15, 0.2) is 59.7 Å². The molecule has 0 aliphatic rings. The van der Waals surface area contributed by atoms with Gasteiger partial charge in [-0.3, -0.25) is 19.4 Å². The van der Waals surface area contributed by atoms with Crippen LogP contribution in [0.3, 0.4) is 0 Å². The number of H-pyrrole nitrogens is 1. The molecule has 248 valence electrons. The fraction of sp³-hybridized carbons (Fsp3) is 0.387. The lowest BCUT2D eigenvalue weighted by Crippen LogP contribution is -2.57. The molecule has 15 heteroatoms. The number of carbonyl (C=O) groups excluding carboxylic acids is 3. The zero-order valence-electron chi connectivity index (χ0n) is 25.6. The van der Waals surface area contributed by atoms with Crippen LogP contribution < -0.4 is 33.2 Å². The van der Waals surface area contributed by atoms with E-state index in [9.17, 15) is 29.4 Å². The van der Waals surface area contributed by atoms with Gasteiger partial charge in [-0.05, 0) is 67.0 Å². The second-order valence-corrected chi connectivity index (χ2v) is 11.8. The maximum absolute atomic E-state index is 13.7. The van der Waals surface area contributed by atoms with Gasteiger partial charge in [0, 0.05) is 30.1 Å². The number of rotatable bonds is 18. The van der Waals surface area contributed by atoms with Crippen molar-refractivity contribution in [3.05, 3.63) is 65.9 Å². The second kappa shape index (κ2) is 17.7. The number of aromatic hydroxyl groups is 1. The number of hydrogen-bond donors (Lipinski definition) is 9. The average Bonchev–Trinajstić information content (AvgIpc) is 3.43. The molecule has 3 amide bonds. The topological polar surface area (TPSA) is 251 Å². The number of hydrogen-bond acceptors (Lipinski definition) is 8. The Bertz CT molecular complexity index is 1510. The van der Waals surface area contributed by atoms with E-state index in [2.05, 4.69) is 25.9 Å². The average molecular weight is 655 g/mol. The summed E-state index contributed by atoms with van der Waals surface area (Å²) < 4.78 is 0. The number of phenols is 1. The number of aromatic nitrogens is 1. The van der Waals surface area contributed by atoms with Crippen molar-refractivity contribution in [3.8, 4) is 5.75 Å². The molecule has 12 N–H and O–H groups in total. The molecular formula is C31H42N8O6S. The highest BCUT2D eigenvalue weighted by Gasteiger charge is 2.30. The zero-order valence-corrected chi connectivity index (χ0v) is 26.4. The van der Waals surface area contributed by atoms with Crippen LogP contribution in [-0.2, 0) is 32.0 Å². The largest absolute Gasteiger partial charge is 0.508 e. The molecule has 0 bridgehead atoms. The monoisotopic (exact) mass is 654 g/mol. The Kier molecular flexibility index (Phi) is 13.7. The van der Waals surface area contributed by atoms with E-state index < -0.39 is 47.9 Å². The maximum atomic E-state index is 13.7. The number of nitrogens with one attached hydrogen (secondary N) is 4. The fourth-order valence-corrected chi connectivity index (χ4v) is 5.27. The number of carboxylic acids is 1. The van der Waals surface area contributed by atoms with Gasteiger partial charge in [0.2, 0.25) is 17.7 Å². The summed E-state index contributed by atoms with van der Waals surface area (Å²) in [5, 5.41) is 28.2. The summed E-state index contributed by atoms with van der Waals surface area (Å²) in [5.74, 6) is -2.77. The standard InChI is InChI=1S/C31H42N8O6S/c1-46-14-12-25(30(44)45)38-29(43)26(15-18-8-10-20(40)11-9-18)39-28(42)24(7-4-13-35-31(33)34)37-27(41)22(32)16-19-17-36-23-6-3-2-5-21(19)23/h2-3,5-6,8-11,17,22,24-26,36,40H,4,7,12-16,32H2,1H3,(H,37,41)(H,38,43)(H,39,42)(H,44,45)(H4,33,34,35). The molecule has 0 radical (unpaired) electrons. The van der Waals surface area contributed by atoms with E-state index in [4.69, 9.17) is 17.2 Å². The lowest BCUT2D eigenvalue weighted by molar-refractivity contribution is -0.142. The predicted molar refractivity (Wildman–Crippen MR) is 178 cm³/mol. The molecule has 46 heavy (non-hydrogen) atoms. The first-order valence-electron chi connectivity index (χ1n) is 14.7. The quantitative estimate of drug-likeness (QED) is 0.0516. The number of nitrogens with zero attached hydrogens (tertiary/aromatic N) is 1. The minimum atomic E-state index is -1.20. The maximum Gasteiger partial charge on any atom is 0.326 e. The van der Waals surface area contributed by atoms with Gasteiger partial charge in [0.05, 0.1) is 6.04 Å². The normalized spacial score (nSPS) is 13.6. The van der Waals surface area contributed by atoms with Crippen molar-refractivity contribution in [2.75, 3.05) is 18.6 Å². The first-order chi connectivity index (χ1) is 22.0. The molecule has 0 saturated carbocycles. The number of carbonyl (C=O) groups is 4. The summed E-state index contributed by atoms with van der Waals surface area (Å²) >= 11 is 1.44. The van der Waals surface area contributed by atoms with E-state index >= 15 is 0 Å². The number of amides is 3. The number of aliphatic carboxylic acids is 1. The Hall–Kier alpha value is -4.76. The van der Waals surface area contributed by atoms with Crippen molar-refractivity contribution in [1.82, 2.24) is 20.9 Å². The van der Waals surface area contributed by atoms with Crippen LogP contribution in [0.25, 0.3) is 10.9 Å². The van der Waals surface area contributed by atoms with Crippen LogP contribution in [0.4, 0.5) is 0 Å². The third-order valence-corrected chi connectivity index (χ3v) is 7.91. The number of carboxylic acid groups (broad SMARTS) is 1. The van der Waals surface area contributed by atoms with E-state index in [1.54, 1.807) is 18.3 Å². The molecule has 0 aliphatic heterocycles. The van der Waals surface area contributed by atoms with E-state index in [-0.39, 0.29) is 43.9 Å². The van der Waals surface area contributed by atoms with Gasteiger partial charge in [-0.2, -0.15) is 11.8 Å². The highest BCUT2D eigenvalue weighted by molar-refractivity contribution is 7.98. The van der Waals surface area contributed by atoms with Gasteiger partial charge in [0.15, 0.2) is 5.96 Å². The number of para-hydroxylation sites is 1. The first-order valence-corrected chi connectivity index (χ1v) is 16.1. The van der Waals surface area contributed by atoms with Gasteiger partial charge in [-0.1, -0.05) is 30.3 Å². The van der Waals surface area contributed by atoms with Crippen LogP contribution in [0, 0.1) is 0 Å². The summed E-state index contributed by atoms with van der Waals surface area (Å²) in [4.78, 5) is 59.2. The fourth-order valence-electron chi connectivity index (χ4n) is 4.80. The van der Waals surface area contributed by atoms with Gasteiger partial charge in [0.25, 0.3) is 0 Å². The van der Waals surface area contributed by atoms with Crippen molar-refractivity contribution in [1.29, 1.82) is 0 Å². The van der Waals surface area contributed by atoms with Gasteiger partial charge in [-0.15, -0.1) is 0 Å². The van der Waals surface area contributed by atoms with E-state index in [1.165, 1.54) is 23.9 Å². The van der Waals surface area contributed by atoms with Crippen molar-refractivity contribution >= 4 is 52.3 Å². The van der Waals surface area contributed by atoms with Crippen LogP contribution in [0.5, 0.6) is 5.75 Å². The summed E-state index contributed by atoms with van der Waals surface area (Å²) in [7, 11) is 0. The van der Waals surface area contributed by atoms with Gasteiger partial charge >= 0.3 is 5.97 Å². The third-order valence-electron chi connectivity index (χ3n) is 7.26. The number of guanidine groups is 1. The summed E-state index contributed by atoms with van der Waals surface area (Å²) in [6.07, 6.45) is 4.42. The highest BCUT2D eigenvalue weighted by atomic mass is 32.2. The molecule has 3 aromatic rings. The second-order valence-electron chi connectivity index (χ2n) is 10.8. The summed E-state index contributed by atoms with van der Waals surface area (Å²) in [6.45, 7) is 0.191. The Morgan fingerprint density at radius 3 is 2.22 bits per heavy atom. The first kappa shape index (κ1) is 35.7. The third kappa shape index (κ3) is 11.0. The Morgan fingerprint density at radius 2 is 1.54 bits per heavy atom. The molecule has 0 aliphatic carbocycles. The zero-order chi connectivity index (χ0) is 33.6. The van der Waals surface area contributed by atoms with E-state index in [0.29, 0.717) is 17.7 Å². The van der Waals surface area contributed by atoms with Crippen molar-refractivity contribution in [2.45, 2.75) is 56.3 Å². The number of phenolic OH excluding ortho intramolecular Hbond substituents is 1. The minimum absolute atomic E-state index is 0.0124. The minimum Gasteiger partial charge on any atom is -0.508 e. The lowest BCUT2D eigenvalue weighted by Gasteiger charge is -2.25. The Morgan fingerprint density at radius 1 is 0.891 bits per heavy atom. The summed E-state index contributed by atoms with van der Waals surface area (Å²) in [6, 6.07) is 9.17. The van der Waals surface area contributed by atoms with E-state index in [0.717, 1.165) is 16.5 Å². The van der Waals surface area contributed by atoms with Crippen LogP contribution in [0.2, 0.25) is 0 Å². The molecule has 1 heterocycles. The van der Waals surface area contributed by atoms with Gasteiger partial charge in [0.1, 0.15) is 23.9 Å². The molecule has 4 unspecified atom stereocenters. The van der Waals surface area contributed by atoms with E-state index in [1.807, 2.05) is 30.5 Å². The smallest absolute Gasteiger partial charge is 0.326 e. The van der Waals surface area contributed by atoms with Crippen LogP contribution in [-0.4, -0.2) is 87.6 Å². The summed E-state index contributed by atoms with van der Waals surface area (Å²) in [5.41, 5.74) is 19.5. The highest BCUT2D eigenvalue weighted by Crippen LogP contribution is 2.19. The Balaban J connectivity index is 1.79. The predicted octanol–water partition coefficient (Wildman–Crippen LogP) is 0.332. The number of aromatic amines is 1. The van der Waals surface area contributed by atoms with Gasteiger partial charge in [-0.25, -0.2) is 4.79 Å². The molecular weight excluding hydrogens is 612 g/mol. The molecule has 4 atom stereocenters. The van der Waals surface area contributed by atoms with Crippen LogP contribution >= 0.6 is 11.8 Å². The number of nitrogens with two attached hydrogens (primary N) is 3. The van der Waals surface area contributed by atoms with Crippen LogP contribution in [0.1, 0.15) is 30.4 Å². The molecule has 2 aromatic carbocycles. The van der Waals surface area contributed by atoms with Gasteiger partial charge < -0.3 is 48.3 Å².